The van der Waals surface area contributed by atoms with Crippen LogP contribution in [0.3, 0.4) is 0 Å². The van der Waals surface area contributed by atoms with Crippen molar-refractivity contribution in [3.63, 3.8) is 0 Å². The van der Waals surface area contributed by atoms with Crippen LogP contribution in [0.1, 0.15) is 7.43 Å². The summed E-state index contributed by atoms with van der Waals surface area (Å²) in [6.45, 7) is 4.86. The number of nitrogens with one attached hydrogen (secondary N) is 1. The minimum Gasteiger partial charge on any atom is -0.334 e. The molecule has 0 saturated carbocycles. The van der Waals surface area contributed by atoms with Crippen molar-refractivity contribution in [3.8, 4) is 0 Å². The van der Waals surface area contributed by atoms with Gasteiger partial charge < -0.3 is 11.8 Å². The second kappa shape index (κ2) is 7.36. The van der Waals surface area contributed by atoms with Gasteiger partial charge in [-0.15, -0.1) is 6.54 Å². The van der Waals surface area contributed by atoms with Crippen LogP contribution in [0.5, 0.6) is 0 Å². The molecule has 0 amide bonds. The Kier molecular flexibility index (Phi) is 13.7. The second-order valence-corrected chi connectivity index (χ2v) is 3.36. The van der Waals surface area contributed by atoms with Gasteiger partial charge in [0, 0.05) is 39.4 Å². The standard InChI is InChI=1S/C3H9NO2P.CH4.Y/c1-3-4-7(2,5)6;;/h1,3H2,2H3,(H2,4,5,6);1H4;/q-1;;. The van der Waals surface area contributed by atoms with Gasteiger partial charge in [-0.3, -0.25) is 9.65 Å². The molecular weight excluding hydrogens is 214 g/mol. The molecule has 0 spiro atoms. The Balaban J connectivity index is -0.000000180. The van der Waals surface area contributed by atoms with Crippen LogP contribution in [0.15, 0.2) is 0 Å². The summed E-state index contributed by atoms with van der Waals surface area (Å²) in [5, 5.41) is 2.28. The molecule has 0 aliphatic rings. The van der Waals surface area contributed by atoms with Gasteiger partial charge in [-0.25, -0.2) is 0 Å². The first-order chi connectivity index (χ1) is 3.06. The first-order valence-corrected chi connectivity index (χ1v) is 4.01. The SMILES string of the molecule is C.[CH2-]CNP(C)(=O)O.[Y]. The number of hydrogen-bond donors (Lipinski definition) is 2. The fourth-order valence-electron chi connectivity index (χ4n) is 0.207. The predicted molar refractivity (Wildman–Crippen MR) is 35.8 cm³/mol. The molecule has 5 heteroatoms. The van der Waals surface area contributed by atoms with Crippen molar-refractivity contribution in [3.05, 3.63) is 6.92 Å². The quantitative estimate of drug-likeness (QED) is 0.543. The van der Waals surface area contributed by atoms with Gasteiger partial charge in [0.2, 0.25) is 0 Å². The van der Waals surface area contributed by atoms with E-state index < -0.39 is 7.52 Å². The summed E-state index contributed by atoms with van der Waals surface area (Å²) in [5.41, 5.74) is 0. The summed E-state index contributed by atoms with van der Waals surface area (Å²) < 4.78 is 10.2. The molecule has 0 aliphatic heterocycles. The summed E-state index contributed by atoms with van der Waals surface area (Å²) >= 11 is 0. The van der Waals surface area contributed by atoms with E-state index in [2.05, 4.69) is 12.0 Å². The Hall–Kier alpha value is 1.25. The van der Waals surface area contributed by atoms with Crippen LogP contribution in [0.4, 0.5) is 0 Å². The molecule has 0 rings (SSSR count). The van der Waals surface area contributed by atoms with Gasteiger partial charge in [-0.2, -0.15) is 0 Å². The summed E-state index contributed by atoms with van der Waals surface area (Å²) in [7, 11) is -2.98. The van der Waals surface area contributed by atoms with Crippen molar-refractivity contribution in [2.75, 3.05) is 13.2 Å². The van der Waals surface area contributed by atoms with Crippen LogP contribution in [0, 0.1) is 6.92 Å². The number of hydrogen-bond acceptors (Lipinski definition) is 1. The molecule has 0 saturated heterocycles. The second-order valence-electron chi connectivity index (χ2n) is 1.29. The Labute approximate surface area is 82.0 Å². The smallest absolute Gasteiger partial charge is 0.261 e. The summed E-state index contributed by atoms with van der Waals surface area (Å²) in [6.07, 6.45) is 0. The topological polar surface area (TPSA) is 49.3 Å². The molecule has 0 heterocycles. The monoisotopic (exact) mass is 227 g/mol. The molecular formula is C4H13NO2PY-. The molecule has 1 unspecified atom stereocenters. The zero-order valence-corrected chi connectivity index (χ0v) is 8.53. The van der Waals surface area contributed by atoms with E-state index in [1.54, 1.807) is 0 Å². The molecule has 0 aliphatic carbocycles. The van der Waals surface area contributed by atoms with Crippen molar-refractivity contribution >= 4 is 7.52 Å². The fraction of sp³-hybridized carbons (Fsp3) is 0.750. The average molecular weight is 227 g/mol. The molecule has 3 nitrogen and oxygen atoms in total. The molecule has 1 radical (unpaired) electrons. The Morgan fingerprint density at radius 3 is 2.11 bits per heavy atom. The molecule has 0 aromatic carbocycles. The van der Waals surface area contributed by atoms with Crippen molar-refractivity contribution in [1.82, 2.24) is 5.09 Å². The van der Waals surface area contributed by atoms with Crippen molar-refractivity contribution in [2.45, 2.75) is 7.43 Å². The Morgan fingerprint density at radius 2 is 2.11 bits per heavy atom. The van der Waals surface area contributed by atoms with Crippen LogP contribution in [-0.4, -0.2) is 18.1 Å². The van der Waals surface area contributed by atoms with E-state index in [0.29, 0.717) is 6.54 Å². The van der Waals surface area contributed by atoms with Crippen LogP contribution in [-0.2, 0) is 37.3 Å². The maximum atomic E-state index is 10.2. The summed E-state index contributed by atoms with van der Waals surface area (Å²) in [4.78, 5) is 8.42. The Morgan fingerprint density at radius 1 is 1.78 bits per heavy atom. The van der Waals surface area contributed by atoms with Gasteiger partial charge in [-0.05, 0) is 0 Å². The number of rotatable bonds is 2. The minimum absolute atomic E-state index is 0. The third kappa shape index (κ3) is 17.6. The summed E-state index contributed by atoms with van der Waals surface area (Å²) in [5.74, 6) is 0. The van der Waals surface area contributed by atoms with Crippen LogP contribution < -0.4 is 5.09 Å². The molecule has 2 N–H and O–H groups in total. The van der Waals surface area contributed by atoms with E-state index in [0.717, 1.165) is 0 Å². The van der Waals surface area contributed by atoms with Gasteiger partial charge in [0.05, 0.1) is 0 Å². The third-order valence-electron chi connectivity index (χ3n) is 0.405. The van der Waals surface area contributed by atoms with E-state index in [1.165, 1.54) is 6.66 Å². The third-order valence-corrected chi connectivity index (χ3v) is 1.22. The maximum absolute atomic E-state index is 10.2. The van der Waals surface area contributed by atoms with Gasteiger partial charge in [0.25, 0.3) is 7.52 Å². The zero-order chi connectivity index (χ0) is 5.91. The molecule has 9 heavy (non-hydrogen) atoms. The van der Waals surface area contributed by atoms with E-state index >= 15 is 0 Å². The normalized spacial score (nSPS) is 14.6. The molecule has 55 valence electrons. The molecule has 0 fully saturated rings. The van der Waals surface area contributed by atoms with Gasteiger partial charge in [-0.1, -0.05) is 7.43 Å². The molecule has 1 atom stereocenters. The zero-order valence-electron chi connectivity index (χ0n) is 4.79. The van der Waals surface area contributed by atoms with Crippen LogP contribution >= 0.6 is 7.52 Å². The van der Waals surface area contributed by atoms with Gasteiger partial charge >= 0.3 is 0 Å². The summed E-state index contributed by atoms with van der Waals surface area (Å²) in [6, 6.07) is 0. The van der Waals surface area contributed by atoms with Crippen molar-refractivity contribution < 1.29 is 42.2 Å². The van der Waals surface area contributed by atoms with E-state index in [-0.39, 0.29) is 40.1 Å². The molecule has 0 aromatic rings. The van der Waals surface area contributed by atoms with Crippen molar-refractivity contribution in [1.29, 1.82) is 0 Å². The van der Waals surface area contributed by atoms with E-state index in [1.807, 2.05) is 0 Å². The largest absolute Gasteiger partial charge is 0.334 e. The Bertz CT molecular complexity index is 92.6. The average Bonchev–Trinajstić information content (AvgIpc) is 1.30. The predicted octanol–water partition coefficient (Wildman–Crippen LogP) is 0.859. The molecule has 0 bridgehead atoms. The van der Waals surface area contributed by atoms with Crippen LogP contribution in [0.25, 0.3) is 0 Å². The van der Waals surface area contributed by atoms with Gasteiger partial charge in [0.1, 0.15) is 0 Å². The minimum atomic E-state index is -2.98. The fourth-order valence-corrected chi connectivity index (χ4v) is 0.622. The molecule has 0 aromatic heterocycles. The van der Waals surface area contributed by atoms with Crippen molar-refractivity contribution in [2.24, 2.45) is 0 Å². The first-order valence-electron chi connectivity index (χ1n) is 1.91. The van der Waals surface area contributed by atoms with Gasteiger partial charge in [0.15, 0.2) is 0 Å². The van der Waals surface area contributed by atoms with E-state index in [4.69, 9.17) is 4.89 Å². The van der Waals surface area contributed by atoms with Crippen LogP contribution in [0.2, 0.25) is 0 Å². The first kappa shape index (κ1) is 16.7. The maximum Gasteiger partial charge on any atom is 0.261 e. The van der Waals surface area contributed by atoms with E-state index in [9.17, 15) is 4.57 Å².